The van der Waals surface area contributed by atoms with Gasteiger partial charge in [0.2, 0.25) is 0 Å². The van der Waals surface area contributed by atoms with Crippen molar-refractivity contribution in [3.05, 3.63) is 89.8 Å². The summed E-state index contributed by atoms with van der Waals surface area (Å²) in [5, 5.41) is 10.6. The van der Waals surface area contributed by atoms with Crippen LogP contribution in [0.4, 0.5) is 4.39 Å². The number of fused-ring (bicyclic) bond motifs is 2. The number of nitrogens with zero attached hydrogens (tertiary/aromatic N) is 3. The molecular weight excluding hydrogens is 351 g/mol. The first-order valence-electron chi connectivity index (χ1n) is 9.68. The predicted molar refractivity (Wildman–Crippen MR) is 108 cm³/mol. The fourth-order valence-corrected chi connectivity index (χ4v) is 4.18. The minimum Gasteiger partial charge on any atom is -0.306 e. The Morgan fingerprint density at radius 1 is 1.07 bits per heavy atom. The highest BCUT2D eigenvalue weighted by molar-refractivity contribution is 5.84. The molecule has 0 amide bonds. The van der Waals surface area contributed by atoms with Crippen LogP contribution in [0.15, 0.2) is 67.1 Å². The molecule has 0 fully saturated rings. The number of hydrogen-bond donors (Lipinski definition) is 1. The number of benzene rings is 2. The number of halogens is 1. The van der Waals surface area contributed by atoms with Crippen molar-refractivity contribution in [1.29, 1.82) is 0 Å². The predicted octanol–water partition coefficient (Wildman–Crippen LogP) is 4.73. The zero-order chi connectivity index (χ0) is 18.9. The molecule has 0 unspecified atom stereocenters. The lowest BCUT2D eigenvalue weighted by Gasteiger charge is -2.24. The highest BCUT2D eigenvalue weighted by Crippen LogP contribution is 2.32. The van der Waals surface area contributed by atoms with E-state index in [0.717, 1.165) is 36.9 Å². The molecule has 0 bridgehead atoms. The third-order valence-electron chi connectivity index (χ3n) is 5.57. The maximum absolute atomic E-state index is 14.3. The zero-order valence-corrected chi connectivity index (χ0v) is 15.5. The van der Waals surface area contributed by atoms with Crippen molar-refractivity contribution in [3.8, 4) is 5.69 Å². The van der Waals surface area contributed by atoms with Crippen molar-refractivity contribution >= 4 is 10.8 Å². The molecule has 5 heteroatoms. The van der Waals surface area contributed by atoms with Crippen LogP contribution in [0.2, 0.25) is 0 Å². The average molecular weight is 372 g/mol. The van der Waals surface area contributed by atoms with Gasteiger partial charge in [0.1, 0.15) is 11.5 Å². The first kappa shape index (κ1) is 17.1. The van der Waals surface area contributed by atoms with Gasteiger partial charge in [-0.25, -0.2) is 9.07 Å². The van der Waals surface area contributed by atoms with Gasteiger partial charge in [-0.3, -0.25) is 4.98 Å². The van der Waals surface area contributed by atoms with E-state index in [-0.39, 0.29) is 11.9 Å². The molecule has 0 radical (unpaired) electrons. The van der Waals surface area contributed by atoms with E-state index in [1.165, 1.54) is 22.6 Å². The number of hydrogen-bond acceptors (Lipinski definition) is 3. The molecule has 2 heterocycles. The summed E-state index contributed by atoms with van der Waals surface area (Å²) < 4.78 is 16.0. The Hall–Kier alpha value is -3.05. The van der Waals surface area contributed by atoms with E-state index in [1.54, 1.807) is 16.8 Å². The molecule has 1 atom stereocenters. The molecule has 2 aromatic carbocycles. The molecule has 4 aromatic rings. The number of nitrogens with one attached hydrogen (secondary N) is 1. The Morgan fingerprint density at radius 3 is 2.93 bits per heavy atom. The molecule has 0 saturated carbocycles. The zero-order valence-electron chi connectivity index (χ0n) is 15.5. The first-order valence-corrected chi connectivity index (χ1v) is 9.68. The summed E-state index contributed by atoms with van der Waals surface area (Å²) in [5.74, 6) is -0.243. The van der Waals surface area contributed by atoms with Crippen molar-refractivity contribution in [2.24, 2.45) is 0 Å². The number of pyridine rings is 1. The van der Waals surface area contributed by atoms with Gasteiger partial charge in [-0.05, 0) is 48.4 Å². The summed E-state index contributed by atoms with van der Waals surface area (Å²) in [5.41, 5.74) is 4.06. The van der Waals surface area contributed by atoms with Crippen LogP contribution in [0.1, 0.15) is 35.7 Å². The molecule has 5 rings (SSSR count). The molecule has 1 N–H and O–H groups in total. The van der Waals surface area contributed by atoms with Gasteiger partial charge in [-0.1, -0.05) is 30.3 Å². The van der Waals surface area contributed by atoms with Gasteiger partial charge < -0.3 is 5.32 Å². The van der Waals surface area contributed by atoms with Gasteiger partial charge in [0, 0.05) is 41.6 Å². The maximum atomic E-state index is 14.3. The van der Waals surface area contributed by atoms with Crippen molar-refractivity contribution in [2.75, 3.05) is 0 Å². The van der Waals surface area contributed by atoms with Crippen LogP contribution in [-0.2, 0) is 13.0 Å². The second kappa shape index (κ2) is 7.17. The van der Waals surface area contributed by atoms with Crippen LogP contribution in [0.5, 0.6) is 0 Å². The Morgan fingerprint density at radius 2 is 2.00 bits per heavy atom. The summed E-state index contributed by atoms with van der Waals surface area (Å²) >= 11 is 0. The van der Waals surface area contributed by atoms with E-state index in [4.69, 9.17) is 0 Å². The lowest BCUT2D eigenvalue weighted by Crippen LogP contribution is -2.25. The summed E-state index contributed by atoms with van der Waals surface area (Å²) in [6.45, 7) is 0.774. The van der Waals surface area contributed by atoms with Crippen molar-refractivity contribution in [2.45, 2.75) is 31.8 Å². The average Bonchev–Trinajstić information content (AvgIpc) is 3.17. The van der Waals surface area contributed by atoms with E-state index in [0.29, 0.717) is 5.69 Å². The van der Waals surface area contributed by atoms with Gasteiger partial charge in [-0.15, -0.1) is 0 Å². The monoisotopic (exact) mass is 372 g/mol. The number of rotatable bonds is 4. The molecule has 1 aliphatic rings. The van der Waals surface area contributed by atoms with Crippen LogP contribution < -0.4 is 5.32 Å². The van der Waals surface area contributed by atoms with Crippen LogP contribution in [0.25, 0.3) is 16.5 Å². The van der Waals surface area contributed by atoms with E-state index in [2.05, 4.69) is 39.7 Å². The third-order valence-corrected chi connectivity index (χ3v) is 5.57. The molecule has 4 nitrogen and oxygen atoms in total. The highest BCUT2D eigenvalue weighted by atomic mass is 19.1. The largest absolute Gasteiger partial charge is 0.306 e. The van der Waals surface area contributed by atoms with Crippen LogP contribution in [-0.4, -0.2) is 14.8 Å². The molecule has 0 spiro atoms. The number of para-hydroxylation sites is 1. The van der Waals surface area contributed by atoms with Crippen LogP contribution >= 0.6 is 0 Å². The normalized spacial score (nSPS) is 16.2. The molecule has 140 valence electrons. The van der Waals surface area contributed by atoms with Gasteiger partial charge in [-0.2, -0.15) is 5.10 Å². The molecule has 0 saturated heterocycles. The Bertz CT molecular complexity index is 1130. The fourth-order valence-electron chi connectivity index (χ4n) is 4.18. The van der Waals surface area contributed by atoms with Gasteiger partial charge in [0.15, 0.2) is 0 Å². The van der Waals surface area contributed by atoms with Crippen LogP contribution in [0, 0.1) is 5.82 Å². The van der Waals surface area contributed by atoms with E-state index >= 15 is 0 Å². The molecular formula is C23H21FN4. The quantitative estimate of drug-likeness (QED) is 0.563. The van der Waals surface area contributed by atoms with Gasteiger partial charge in [0.25, 0.3) is 0 Å². The number of aromatic nitrogens is 3. The molecule has 1 aliphatic carbocycles. The lowest BCUT2D eigenvalue weighted by atomic mass is 9.92. The van der Waals surface area contributed by atoms with E-state index in [9.17, 15) is 4.39 Å². The molecule has 2 aromatic heterocycles. The summed E-state index contributed by atoms with van der Waals surface area (Å²) in [7, 11) is 0. The van der Waals surface area contributed by atoms with Gasteiger partial charge in [0.05, 0.1) is 6.20 Å². The van der Waals surface area contributed by atoms with Crippen molar-refractivity contribution in [1.82, 2.24) is 20.1 Å². The summed E-state index contributed by atoms with van der Waals surface area (Å²) in [6.07, 6.45) is 8.67. The van der Waals surface area contributed by atoms with Crippen molar-refractivity contribution in [3.63, 3.8) is 0 Å². The first-order chi connectivity index (χ1) is 13.8. The Labute approximate surface area is 163 Å². The minimum absolute atomic E-state index is 0.223. The Kier molecular flexibility index (Phi) is 4.37. The highest BCUT2D eigenvalue weighted by Gasteiger charge is 2.25. The molecule has 0 aliphatic heterocycles. The summed E-state index contributed by atoms with van der Waals surface area (Å²) in [6, 6.07) is 15.4. The van der Waals surface area contributed by atoms with E-state index < -0.39 is 0 Å². The SMILES string of the molecule is Fc1ccccc1-n1ncc2c1CCC[C@H]2NCc1cccc2cnccc12. The standard InChI is InChI=1S/C23H21FN4/c24-20-7-1-2-9-23(20)28-22-10-4-8-21(19(22)15-27-28)26-14-17-6-3-5-16-13-25-12-11-18(16)17/h1-3,5-7,9,11-13,15,21,26H,4,8,10,14H2/t21-/m1/s1. The Balaban J connectivity index is 1.42. The van der Waals surface area contributed by atoms with Crippen LogP contribution in [0.3, 0.4) is 0 Å². The minimum atomic E-state index is -0.243. The van der Waals surface area contributed by atoms with Gasteiger partial charge >= 0.3 is 0 Å². The molecule has 28 heavy (non-hydrogen) atoms. The lowest BCUT2D eigenvalue weighted by molar-refractivity contribution is 0.454. The fraction of sp³-hybridized carbons (Fsp3) is 0.217. The second-order valence-corrected chi connectivity index (χ2v) is 7.25. The third kappa shape index (κ3) is 2.98. The van der Waals surface area contributed by atoms with Crippen molar-refractivity contribution < 1.29 is 4.39 Å². The summed E-state index contributed by atoms with van der Waals surface area (Å²) in [4.78, 5) is 4.21. The maximum Gasteiger partial charge on any atom is 0.148 e. The van der Waals surface area contributed by atoms with E-state index in [1.807, 2.05) is 24.7 Å². The topological polar surface area (TPSA) is 42.7 Å². The smallest absolute Gasteiger partial charge is 0.148 e. The second-order valence-electron chi connectivity index (χ2n) is 7.25.